The lowest BCUT2D eigenvalue weighted by Gasteiger charge is -2.27. The van der Waals surface area contributed by atoms with Crippen LogP contribution in [0, 0.1) is 0 Å². The number of aliphatic hydroxyl groups excluding tert-OH is 1. The minimum Gasteiger partial charge on any atom is -0.507 e. The zero-order valence-corrected chi connectivity index (χ0v) is 8.93. The maximum atomic E-state index is 11.5. The molecule has 1 aromatic rings. The Kier molecular flexibility index (Phi) is 2.47. The molecule has 0 bridgehead atoms. The van der Waals surface area contributed by atoms with Crippen molar-refractivity contribution in [1.82, 2.24) is 0 Å². The third-order valence-corrected chi connectivity index (χ3v) is 2.62. The van der Waals surface area contributed by atoms with E-state index in [2.05, 4.69) is 0 Å². The second-order valence-electron chi connectivity index (χ2n) is 3.67. The van der Waals surface area contributed by atoms with Crippen molar-refractivity contribution in [2.24, 2.45) is 0 Å². The van der Waals surface area contributed by atoms with Gasteiger partial charge < -0.3 is 19.7 Å². The summed E-state index contributed by atoms with van der Waals surface area (Å²) in [5.41, 5.74) is 0.340. The highest BCUT2D eigenvalue weighted by Crippen LogP contribution is 2.37. The minimum atomic E-state index is -0.950. The molecule has 0 unspecified atom stereocenters. The summed E-state index contributed by atoms with van der Waals surface area (Å²) < 4.78 is 9.85. The van der Waals surface area contributed by atoms with Crippen molar-refractivity contribution in [3.05, 3.63) is 23.3 Å². The van der Waals surface area contributed by atoms with Crippen LogP contribution in [-0.2, 0) is 4.74 Å². The average molecular weight is 224 g/mol. The monoisotopic (exact) mass is 224 g/mol. The van der Waals surface area contributed by atoms with Gasteiger partial charge in [0, 0.05) is 11.6 Å². The number of cyclic esters (lactones) is 1. The maximum absolute atomic E-state index is 11.5. The lowest BCUT2D eigenvalue weighted by molar-refractivity contribution is -0.0217. The molecular formula is C11H12O5. The summed E-state index contributed by atoms with van der Waals surface area (Å²) in [5, 5.41) is 19.5. The molecule has 2 N–H and O–H groups in total. The second kappa shape index (κ2) is 3.68. The van der Waals surface area contributed by atoms with Gasteiger partial charge >= 0.3 is 5.97 Å². The Hall–Kier alpha value is -1.75. The SMILES string of the molecule is COc1cc(O)c2c(c1)[C@H](O)[C@@H](C)OC2=O. The Morgan fingerprint density at radius 2 is 2.12 bits per heavy atom. The molecule has 0 amide bonds. The van der Waals surface area contributed by atoms with E-state index in [0.29, 0.717) is 11.3 Å². The highest BCUT2D eigenvalue weighted by atomic mass is 16.6. The molecule has 1 aliphatic rings. The number of hydrogen-bond donors (Lipinski definition) is 2. The molecule has 2 rings (SSSR count). The van der Waals surface area contributed by atoms with Crippen LogP contribution >= 0.6 is 0 Å². The minimum absolute atomic E-state index is 0.00593. The van der Waals surface area contributed by atoms with Gasteiger partial charge in [-0.15, -0.1) is 0 Å². The molecule has 5 heteroatoms. The molecule has 5 nitrogen and oxygen atoms in total. The number of fused-ring (bicyclic) bond motifs is 1. The van der Waals surface area contributed by atoms with Crippen molar-refractivity contribution in [3.8, 4) is 11.5 Å². The van der Waals surface area contributed by atoms with E-state index >= 15 is 0 Å². The molecule has 86 valence electrons. The molecule has 1 aliphatic heterocycles. The van der Waals surface area contributed by atoms with E-state index in [9.17, 15) is 15.0 Å². The molecule has 0 fully saturated rings. The van der Waals surface area contributed by atoms with Gasteiger partial charge in [-0.2, -0.15) is 0 Å². The van der Waals surface area contributed by atoms with Crippen LogP contribution in [0.2, 0.25) is 0 Å². The molecular weight excluding hydrogens is 212 g/mol. The third kappa shape index (κ3) is 1.49. The van der Waals surface area contributed by atoms with Gasteiger partial charge in [0.2, 0.25) is 0 Å². The molecule has 16 heavy (non-hydrogen) atoms. The lowest BCUT2D eigenvalue weighted by Crippen LogP contribution is -2.29. The molecule has 0 radical (unpaired) electrons. The molecule has 1 heterocycles. The van der Waals surface area contributed by atoms with Gasteiger partial charge in [0.05, 0.1) is 7.11 Å². The number of carbonyl (C=O) groups is 1. The third-order valence-electron chi connectivity index (χ3n) is 2.62. The summed E-state index contributed by atoms with van der Waals surface area (Å²) in [7, 11) is 1.44. The number of ether oxygens (including phenoxy) is 2. The van der Waals surface area contributed by atoms with Gasteiger partial charge in [-0.05, 0) is 13.0 Å². The second-order valence-corrected chi connectivity index (χ2v) is 3.67. The van der Waals surface area contributed by atoms with Crippen LogP contribution in [0.1, 0.15) is 28.9 Å². The predicted octanol–water partition coefficient (Wildman–Crippen LogP) is 0.993. The van der Waals surface area contributed by atoms with Crippen LogP contribution in [0.25, 0.3) is 0 Å². The normalized spacial score (nSPS) is 23.6. The Morgan fingerprint density at radius 3 is 2.75 bits per heavy atom. The van der Waals surface area contributed by atoms with Crippen LogP contribution in [-0.4, -0.2) is 29.4 Å². The molecule has 0 aliphatic carbocycles. The standard InChI is InChI=1S/C11H12O5/c1-5-10(13)7-3-6(15-2)4-8(12)9(7)11(14)16-5/h3-5,10,12-13H,1-2H3/t5-,10-/m1/s1. The molecule has 0 aromatic heterocycles. The van der Waals surface area contributed by atoms with Gasteiger partial charge in [-0.25, -0.2) is 4.79 Å². The number of rotatable bonds is 1. The van der Waals surface area contributed by atoms with Crippen LogP contribution in [0.4, 0.5) is 0 Å². The van der Waals surface area contributed by atoms with E-state index < -0.39 is 18.2 Å². The van der Waals surface area contributed by atoms with Crippen molar-refractivity contribution >= 4 is 5.97 Å². The smallest absolute Gasteiger partial charge is 0.342 e. The van der Waals surface area contributed by atoms with E-state index in [1.807, 2.05) is 0 Å². The number of phenols is 1. The Bertz CT molecular complexity index is 440. The van der Waals surface area contributed by atoms with E-state index in [0.717, 1.165) is 0 Å². The molecule has 2 atom stereocenters. The molecule has 0 saturated carbocycles. The van der Waals surface area contributed by atoms with Gasteiger partial charge in [0.25, 0.3) is 0 Å². The number of aliphatic hydroxyl groups is 1. The van der Waals surface area contributed by atoms with Gasteiger partial charge in [0.1, 0.15) is 29.3 Å². The highest BCUT2D eigenvalue weighted by molar-refractivity contribution is 5.95. The van der Waals surface area contributed by atoms with E-state index in [-0.39, 0.29) is 11.3 Å². The summed E-state index contributed by atoms with van der Waals surface area (Å²) in [5.74, 6) is -0.490. The van der Waals surface area contributed by atoms with Crippen LogP contribution in [0.5, 0.6) is 11.5 Å². The van der Waals surface area contributed by atoms with Crippen LogP contribution < -0.4 is 4.74 Å². The molecule has 0 saturated heterocycles. The largest absolute Gasteiger partial charge is 0.507 e. The van der Waals surface area contributed by atoms with Crippen molar-refractivity contribution in [2.75, 3.05) is 7.11 Å². The highest BCUT2D eigenvalue weighted by Gasteiger charge is 2.34. The van der Waals surface area contributed by atoms with Crippen molar-refractivity contribution < 1.29 is 24.5 Å². The predicted molar refractivity (Wildman–Crippen MR) is 54.5 cm³/mol. The van der Waals surface area contributed by atoms with Crippen molar-refractivity contribution in [2.45, 2.75) is 19.1 Å². The van der Waals surface area contributed by atoms with Gasteiger partial charge in [0.15, 0.2) is 0 Å². The average Bonchev–Trinajstić information content (AvgIpc) is 2.24. The van der Waals surface area contributed by atoms with E-state index in [4.69, 9.17) is 9.47 Å². The van der Waals surface area contributed by atoms with Crippen molar-refractivity contribution in [1.29, 1.82) is 0 Å². The fourth-order valence-corrected chi connectivity index (χ4v) is 1.74. The van der Waals surface area contributed by atoms with Crippen LogP contribution in [0.3, 0.4) is 0 Å². The first-order valence-electron chi connectivity index (χ1n) is 4.84. The first-order chi connectivity index (χ1) is 7.54. The summed E-state index contributed by atoms with van der Waals surface area (Å²) >= 11 is 0. The number of methoxy groups -OCH3 is 1. The summed E-state index contributed by atoms with van der Waals surface area (Å²) in [6.45, 7) is 1.59. The first kappa shape index (κ1) is 10.8. The summed E-state index contributed by atoms with van der Waals surface area (Å²) in [6, 6.07) is 2.83. The number of carbonyl (C=O) groups excluding carboxylic acids is 1. The zero-order chi connectivity index (χ0) is 11.9. The first-order valence-corrected chi connectivity index (χ1v) is 4.84. The number of benzene rings is 1. The topological polar surface area (TPSA) is 76.0 Å². The van der Waals surface area contributed by atoms with E-state index in [1.54, 1.807) is 6.92 Å². The van der Waals surface area contributed by atoms with Gasteiger partial charge in [-0.1, -0.05) is 0 Å². The lowest BCUT2D eigenvalue weighted by atomic mass is 9.95. The summed E-state index contributed by atoms with van der Waals surface area (Å²) in [6.07, 6.45) is -1.58. The zero-order valence-electron chi connectivity index (χ0n) is 8.93. The van der Waals surface area contributed by atoms with Gasteiger partial charge in [-0.3, -0.25) is 0 Å². The summed E-state index contributed by atoms with van der Waals surface area (Å²) in [4.78, 5) is 11.5. The van der Waals surface area contributed by atoms with E-state index in [1.165, 1.54) is 19.2 Å². The number of esters is 1. The number of aromatic hydroxyl groups is 1. The number of phenolic OH excluding ortho intramolecular Hbond substituents is 1. The van der Waals surface area contributed by atoms with Crippen LogP contribution in [0.15, 0.2) is 12.1 Å². The Labute approximate surface area is 92.2 Å². The fraction of sp³-hybridized carbons (Fsp3) is 0.364. The number of hydrogen-bond acceptors (Lipinski definition) is 5. The Morgan fingerprint density at radius 1 is 1.44 bits per heavy atom. The molecule has 0 spiro atoms. The molecule has 1 aromatic carbocycles. The van der Waals surface area contributed by atoms with Crippen molar-refractivity contribution in [3.63, 3.8) is 0 Å². The quantitative estimate of drug-likeness (QED) is 0.696. The fourth-order valence-electron chi connectivity index (χ4n) is 1.74. The maximum Gasteiger partial charge on any atom is 0.342 e. The Balaban J connectivity index is 2.62.